The summed E-state index contributed by atoms with van der Waals surface area (Å²) in [5.41, 5.74) is 4.37. The van der Waals surface area contributed by atoms with Gasteiger partial charge in [-0.1, -0.05) is 29.3 Å². The number of hydrogen-bond acceptors (Lipinski definition) is 3. The monoisotopic (exact) mass is 336 g/mol. The van der Waals surface area contributed by atoms with Crippen LogP contribution in [0.2, 0.25) is 0 Å². The molecule has 2 aromatic rings. The highest BCUT2D eigenvalue weighted by Gasteiger charge is 2.30. The van der Waals surface area contributed by atoms with Crippen molar-refractivity contribution in [3.8, 4) is 0 Å². The predicted molar refractivity (Wildman–Crippen MR) is 95.3 cm³/mol. The van der Waals surface area contributed by atoms with Crippen molar-refractivity contribution in [3.05, 3.63) is 64.7 Å². The lowest BCUT2D eigenvalue weighted by atomic mass is 9.98. The lowest BCUT2D eigenvalue weighted by Gasteiger charge is -2.09. The number of hydrogen-bond donors (Lipinski definition) is 2. The van der Waals surface area contributed by atoms with Crippen molar-refractivity contribution in [3.63, 3.8) is 0 Å². The van der Waals surface area contributed by atoms with Gasteiger partial charge >= 0.3 is 0 Å². The molecule has 0 radical (unpaired) electrons. The van der Waals surface area contributed by atoms with E-state index in [1.54, 1.807) is 0 Å². The van der Waals surface area contributed by atoms with Gasteiger partial charge in [0.1, 0.15) is 0 Å². The molecule has 0 aliphatic carbocycles. The van der Waals surface area contributed by atoms with Crippen molar-refractivity contribution in [2.45, 2.75) is 26.7 Å². The summed E-state index contributed by atoms with van der Waals surface area (Å²) in [5.74, 6) is -0.881. The van der Waals surface area contributed by atoms with Crippen LogP contribution in [0.3, 0.4) is 0 Å². The van der Waals surface area contributed by atoms with Crippen molar-refractivity contribution < 1.29 is 14.4 Å². The van der Waals surface area contributed by atoms with Gasteiger partial charge in [0, 0.05) is 17.7 Å². The highest BCUT2D eigenvalue weighted by Crippen LogP contribution is 2.19. The van der Waals surface area contributed by atoms with E-state index in [-0.39, 0.29) is 30.1 Å². The van der Waals surface area contributed by atoms with Crippen LogP contribution in [-0.4, -0.2) is 17.7 Å². The highest BCUT2D eigenvalue weighted by atomic mass is 16.2. The van der Waals surface area contributed by atoms with E-state index < -0.39 is 0 Å². The molecule has 3 rings (SSSR count). The number of nitrogens with one attached hydrogen (secondary N) is 2. The number of anilines is 1. The number of carbonyl (C=O) groups is 3. The summed E-state index contributed by atoms with van der Waals surface area (Å²) in [6, 6.07) is 13.1. The van der Waals surface area contributed by atoms with E-state index >= 15 is 0 Å². The zero-order valence-electron chi connectivity index (χ0n) is 14.3. The van der Waals surface area contributed by atoms with Crippen LogP contribution in [0.5, 0.6) is 0 Å². The Labute approximate surface area is 146 Å². The maximum absolute atomic E-state index is 12.4. The zero-order chi connectivity index (χ0) is 18.0. The molecule has 0 unspecified atom stereocenters. The second-order valence-corrected chi connectivity index (χ2v) is 6.55. The third kappa shape index (κ3) is 4.12. The second-order valence-electron chi connectivity index (χ2n) is 6.55. The normalized spacial score (nSPS) is 16.6. The fourth-order valence-corrected chi connectivity index (χ4v) is 3.09. The summed E-state index contributed by atoms with van der Waals surface area (Å²) in [6.45, 7) is 3.92. The Kier molecular flexibility index (Phi) is 4.65. The van der Waals surface area contributed by atoms with Gasteiger partial charge in [-0.3, -0.25) is 19.7 Å². The van der Waals surface area contributed by atoms with Crippen LogP contribution < -0.4 is 10.6 Å². The van der Waals surface area contributed by atoms with E-state index in [1.165, 1.54) is 0 Å². The summed E-state index contributed by atoms with van der Waals surface area (Å²) in [4.78, 5) is 35.2. The van der Waals surface area contributed by atoms with Crippen LogP contribution in [-0.2, 0) is 16.0 Å². The molecular formula is C20H20N2O3. The molecule has 5 nitrogen and oxygen atoms in total. The molecule has 1 fully saturated rings. The molecule has 0 bridgehead atoms. The SMILES string of the molecule is Cc1cc(C)cc(C(=O)Nc2ccc(C[C@H]3CC(=O)NC3=O)cc2)c1. The van der Waals surface area contributed by atoms with Crippen LogP contribution >= 0.6 is 0 Å². The molecule has 3 amide bonds. The van der Waals surface area contributed by atoms with Crippen molar-refractivity contribution in [1.82, 2.24) is 5.32 Å². The topological polar surface area (TPSA) is 75.3 Å². The van der Waals surface area contributed by atoms with Gasteiger partial charge in [0.05, 0.1) is 5.92 Å². The Morgan fingerprint density at radius 3 is 2.28 bits per heavy atom. The number of carbonyl (C=O) groups excluding carboxylic acids is 3. The standard InChI is InChI=1S/C20H20N2O3/c1-12-7-13(2)9-15(8-12)19(24)21-17-5-3-14(4-6-17)10-16-11-18(23)22-20(16)25/h3-9,16H,10-11H2,1-2H3,(H,21,24)(H,22,23,25)/t16-/m0/s1. The van der Waals surface area contributed by atoms with Gasteiger partial charge in [-0.2, -0.15) is 0 Å². The molecule has 2 aromatic carbocycles. The minimum atomic E-state index is -0.303. The maximum Gasteiger partial charge on any atom is 0.255 e. The fraction of sp³-hybridized carbons (Fsp3) is 0.250. The molecule has 0 aromatic heterocycles. The van der Waals surface area contributed by atoms with Crippen molar-refractivity contribution in [2.75, 3.05) is 5.32 Å². The van der Waals surface area contributed by atoms with Gasteiger partial charge in [0.25, 0.3) is 5.91 Å². The van der Waals surface area contributed by atoms with Crippen LogP contribution in [0.15, 0.2) is 42.5 Å². The van der Waals surface area contributed by atoms with E-state index in [1.807, 2.05) is 56.3 Å². The second kappa shape index (κ2) is 6.89. The molecule has 1 aliphatic heterocycles. The summed E-state index contributed by atoms with van der Waals surface area (Å²) in [7, 11) is 0. The molecule has 5 heteroatoms. The van der Waals surface area contributed by atoms with Crippen molar-refractivity contribution >= 4 is 23.4 Å². The Bertz CT molecular complexity index is 820. The number of aryl methyl sites for hydroxylation is 2. The summed E-state index contributed by atoms with van der Waals surface area (Å²) >= 11 is 0. The summed E-state index contributed by atoms with van der Waals surface area (Å²) in [6.07, 6.45) is 0.757. The molecule has 128 valence electrons. The first-order valence-corrected chi connectivity index (χ1v) is 8.23. The molecule has 1 saturated heterocycles. The molecule has 0 saturated carbocycles. The predicted octanol–water partition coefficient (Wildman–Crippen LogP) is 2.76. The van der Waals surface area contributed by atoms with Gasteiger partial charge in [-0.05, 0) is 50.1 Å². The minimum Gasteiger partial charge on any atom is -0.322 e. The Morgan fingerprint density at radius 1 is 1.08 bits per heavy atom. The largest absolute Gasteiger partial charge is 0.322 e. The highest BCUT2D eigenvalue weighted by molar-refractivity contribution is 6.04. The number of amides is 3. The molecular weight excluding hydrogens is 316 g/mol. The first-order valence-electron chi connectivity index (χ1n) is 8.23. The number of rotatable bonds is 4. The van der Waals surface area contributed by atoms with E-state index in [0.29, 0.717) is 17.7 Å². The quantitative estimate of drug-likeness (QED) is 0.843. The van der Waals surface area contributed by atoms with Crippen LogP contribution in [0.4, 0.5) is 5.69 Å². The third-order valence-corrected chi connectivity index (χ3v) is 4.24. The molecule has 1 atom stereocenters. The van der Waals surface area contributed by atoms with Gasteiger partial charge in [0.15, 0.2) is 0 Å². The van der Waals surface area contributed by atoms with Gasteiger partial charge in [0.2, 0.25) is 11.8 Å². The minimum absolute atomic E-state index is 0.152. The molecule has 25 heavy (non-hydrogen) atoms. The van der Waals surface area contributed by atoms with E-state index in [2.05, 4.69) is 10.6 Å². The van der Waals surface area contributed by atoms with Crippen LogP contribution in [0, 0.1) is 19.8 Å². The van der Waals surface area contributed by atoms with Gasteiger partial charge < -0.3 is 5.32 Å². The Hall–Kier alpha value is -2.95. The van der Waals surface area contributed by atoms with E-state index in [9.17, 15) is 14.4 Å². The lowest BCUT2D eigenvalue weighted by Crippen LogP contribution is -2.22. The summed E-state index contributed by atoms with van der Waals surface area (Å²) < 4.78 is 0. The molecule has 1 aliphatic rings. The molecule has 1 heterocycles. The van der Waals surface area contributed by atoms with E-state index in [0.717, 1.165) is 16.7 Å². The third-order valence-electron chi connectivity index (χ3n) is 4.24. The number of benzene rings is 2. The first-order chi connectivity index (χ1) is 11.9. The number of imide groups is 1. The Balaban J connectivity index is 1.65. The Morgan fingerprint density at radius 2 is 1.72 bits per heavy atom. The van der Waals surface area contributed by atoms with E-state index in [4.69, 9.17) is 0 Å². The summed E-state index contributed by atoms with van der Waals surface area (Å²) in [5, 5.41) is 5.19. The fourth-order valence-electron chi connectivity index (χ4n) is 3.09. The maximum atomic E-state index is 12.4. The van der Waals surface area contributed by atoms with Crippen molar-refractivity contribution in [2.24, 2.45) is 5.92 Å². The van der Waals surface area contributed by atoms with Gasteiger partial charge in [-0.15, -0.1) is 0 Å². The average Bonchev–Trinajstić information content (AvgIpc) is 2.86. The molecule has 0 spiro atoms. The average molecular weight is 336 g/mol. The van der Waals surface area contributed by atoms with Crippen molar-refractivity contribution in [1.29, 1.82) is 0 Å². The van der Waals surface area contributed by atoms with Crippen LogP contribution in [0.1, 0.15) is 33.5 Å². The smallest absolute Gasteiger partial charge is 0.255 e. The van der Waals surface area contributed by atoms with Crippen LogP contribution in [0.25, 0.3) is 0 Å². The van der Waals surface area contributed by atoms with Gasteiger partial charge in [-0.25, -0.2) is 0 Å². The lowest BCUT2D eigenvalue weighted by molar-refractivity contribution is -0.125. The first kappa shape index (κ1) is 16.9. The molecule has 2 N–H and O–H groups in total. The zero-order valence-corrected chi connectivity index (χ0v) is 14.3.